The number of aliphatic hydroxyl groups is 1. The van der Waals surface area contributed by atoms with Crippen molar-refractivity contribution in [1.29, 1.82) is 0 Å². The second kappa shape index (κ2) is 6.60. The third-order valence-electron chi connectivity index (χ3n) is 3.59. The molecule has 8 heteroatoms. The fourth-order valence-corrected chi connectivity index (χ4v) is 4.22. The standard InChI is InChI=1S/C13H18BrFN2O3S/c1-9-5-11(14)12(15)6-13(9)16-21(19,20)17-4-2-3-10(7-17)8-18/h5-6,10,16,18H,2-4,7-8H2,1H3. The fraction of sp³-hybridized carbons (Fsp3) is 0.538. The third kappa shape index (κ3) is 3.94. The van der Waals surface area contributed by atoms with E-state index in [1.54, 1.807) is 6.92 Å². The van der Waals surface area contributed by atoms with Crippen molar-refractivity contribution in [3.05, 3.63) is 28.0 Å². The van der Waals surface area contributed by atoms with Crippen molar-refractivity contribution < 1.29 is 17.9 Å². The zero-order valence-corrected chi connectivity index (χ0v) is 14.0. The van der Waals surface area contributed by atoms with Crippen LogP contribution in [0.4, 0.5) is 10.1 Å². The predicted octanol–water partition coefficient (Wildman–Crippen LogP) is 2.26. The second-order valence-electron chi connectivity index (χ2n) is 5.24. The molecule has 1 aliphatic rings. The Labute approximate surface area is 132 Å². The Morgan fingerprint density at radius 2 is 2.24 bits per heavy atom. The van der Waals surface area contributed by atoms with Gasteiger partial charge in [-0.15, -0.1) is 0 Å². The summed E-state index contributed by atoms with van der Waals surface area (Å²) in [4.78, 5) is 0. The minimum absolute atomic E-state index is 0.0298. The van der Waals surface area contributed by atoms with E-state index in [1.807, 2.05) is 0 Å². The predicted molar refractivity (Wildman–Crippen MR) is 82.8 cm³/mol. The van der Waals surface area contributed by atoms with E-state index in [-0.39, 0.29) is 24.8 Å². The van der Waals surface area contributed by atoms with Crippen molar-refractivity contribution >= 4 is 31.8 Å². The summed E-state index contributed by atoms with van der Waals surface area (Å²) >= 11 is 3.06. The molecule has 1 unspecified atom stereocenters. The SMILES string of the molecule is Cc1cc(Br)c(F)cc1NS(=O)(=O)N1CCCC(CO)C1. The number of nitrogens with zero attached hydrogens (tertiary/aromatic N) is 1. The van der Waals surface area contributed by atoms with E-state index < -0.39 is 16.0 Å². The van der Waals surface area contributed by atoms with E-state index in [0.717, 1.165) is 12.5 Å². The van der Waals surface area contributed by atoms with E-state index in [1.165, 1.54) is 10.4 Å². The van der Waals surface area contributed by atoms with Gasteiger partial charge in [0.15, 0.2) is 0 Å². The lowest BCUT2D eigenvalue weighted by molar-refractivity contribution is 0.166. The molecule has 1 saturated heterocycles. The monoisotopic (exact) mass is 380 g/mol. The molecule has 2 rings (SSSR count). The Kier molecular flexibility index (Phi) is 5.24. The van der Waals surface area contributed by atoms with Crippen molar-refractivity contribution in [1.82, 2.24) is 4.31 Å². The van der Waals surface area contributed by atoms with Crippen LogP contribution < -0.4 is 4.72 Å². The Morgan fingerprint density at radius 3 is 2.90 bits per heavy atom. The largest absolute Gasteiger partial charge is 0.396 e. The number of anilines is 1. The molecule has 0 amide bonds. The van der Waals surface area contributed by atoms with Gasteiger partial charge in [0.1, 0.15) is 5.82 Å². The van der Waals surface area contributed by atoms with Gasteiger partial charge in [0.25, 0.3) is 0 Å². The average Bonchev–Trinajstić information content (AvgIpc) is 2.44. The maximum absolute atomic E-state index is 13.6. The first kappa shape index (κ1) is 16.7. The molecular weight excluding hydrogens is 363 g/mol. The topological polar surface area (TPSA) is 69.6 Å². The Bertz CT molecular complexity index is 624. The lowest BCUT2D eigenvalue weighted by atomic mass is 10.0. The highest BCUT2D eigenvalue weighted by atomic mass is 79.9. The lowest BCUT2D eigenvalue weighted by Gasteiger charge is -2.31. The number of rotatable bonds is 4. The van der Waals surface area contributed by atoms with Crippen LogP contribution in [0.25, 0.3) is 0 Å². The van der Waals surface area contributed by atoms with Crippen LogP contribution in [0.2, 0.25) is 0 Å². The number of halogens is 2. The molecule has 118 valence electrons. The first-order valence-electron chi connectivity index (χ1n) is 6.68. The zero-order chi connectivity index (χ0) is 15.6. The Morgan fingerprint density at radius 1 is 1.52 bits per heavy atom. The smallest absolute Gasteiger partial charge is 0.301 e. The number of hydrogen-bond acceptors (Lipinski definition) is 3. The Balaban J connectivity index is 2.19. The lowest BCUT2D eigenvalue weighted by Crippen LogP contribution is -2.43. The van der Waals surface area contributed by atoms with Gasteiger partial charge < -0.3 is 5.11 Å². The molecule has 1 aromatic rings. The van der Waals surface area contributed by atoms with Gasteiger partial charge in [-0.05, 0) is 59.3 Å². The summed E-state index contributed by atoms with van der Waals surface area (Å²) in [6.45, 7) is 2.36. The van der Waals surface area contributed by atoms with Crippen LogP contribution in [0.1, 0.15) is 18.4 Å². The summed E-state index contributed by atoms with van der Waals surface area (Å²) in [5, 5.41) is 9.18. The van der Waals surface area contributed by atoms with Gasteiger partial charge >= 0.3 is 10.2 Å². The van der Waals surface area contributed by atoms with Crippen LogP contribution in [-0.2, 0) is 10.2 Å². The van der Waals surface area contributed by atoms with E-state index in [0.29, 0.717) is 23.0 Å². The first-order chi connectivity index (χ1) is 9.83. The van der Waals surface area contributed by atoms with Crippen molar-refractivity contribution in [2.24, 2.45) is 5.92 Å². The molecule has 2 N–H and O–H groups in total. The fourth-order valence-electron chi connectivity index (χ4n) is 2.35. The molecule has 1 heterocycles. The minimum atomic E-state index is -3.74. The molecule has 1 fully saturated rings. The van der Waals surface area contributed by atoms with Crippen LogP contribution in [-0.4, -0.2) is 37.5 Å². The molecule has 1 atom stereocenters. The van der Waals surface area contributed by atoms with Gasteiger partial charge in [-0.1, -0.05) is 0 Å². The summed E-state index contributed by atoms with van der Waals surface area (Å²) in [6.07, 6.45) is 1.52. The van der Waals surface area contributed by atoms with Crippen LogP contribution in [0.3, 0.4) is 0 Å². The number of nitrogens with one attached hydrogen (secondary N) is 1. The molecule has 0 saturated carbocycles. The van der Waals surface area contributed by atoms with Gasteiger partial charge in [0.05, 0.1) is 10.2 Å². The number of hydrogen-bond donors (Lipinski definition) is 2. The second-order valence-corrected chi connectivity index (χ2v) is 7.76. The van der Waals surface area contributed by atoms with Crippen LogP contribution in [0, 0.1) is 18.7 Å². The van der Waals surface area contributed by atoms with Crippen LogP contribution >= 0.6 is 15.9 Å². The highest BCUT2D eigenvalue weighted by Crippen LogP contribution is 2.26. The number of aliphatic hydroxyl groups excluding tert-OH is 1. The summed E-state index contributed by atoms with van der Waals surface area (Å²) in [7, 11) is -3.74. The van der Waals surface area contributed by atoms with Gasteiger partial charge in [-0.2, -0.15) is 12.7 Å². The summed E-state index contributed by atoms with van der Waals surface area (Å²) < 4.78 is 42.3. The molecule has 1 aromatic carbocycles. The number of aryl methyl sites for hydroxylation is 1. The molecule has 0 aromatic heterocycles. The molecule has 0 radical (unpaired) electrons. The molecular formula is C13H18BrFN2O3S. The quantitative estimate of drug-likeness (QED) is 0.841. The molecule has 5 nitrogen and oxygen atoms in total. The van der Waals surface area contributed by atoms with Crippen LogP contribution in [0.5, 0.6) is 0 Å². The number of piperidine rings is 1. The van der Waals surface area contributed by atoms with Gasteiger partial charge in [0.2, 0.25) is 0 Å². The van der Waals surface area contributed by atoms with E-state index in [2.05, 4.69) is 20.7 Å². The zero-order valence-electron chi connectivity index (χ0n) is 11.6. The third-order valence-corrected chi connectivity index (χ3v) is 5.68. The maximum atomic E-state index is 13.6. The summed E-state index contributed by atoms with van der Waals surface area (Å²) in [6, 6.07) is 2.68. The molecule has 0 aliphatic carbocycles. The van der Waals surface area contributed by atoms with Crippen molar-refractivity contribution in [3.63, 3.8) is 0 Å². The highest BCUT2D eigenvalue weighted by Gasteiger charge is 2.29. The van der Waals surface area contributed by atoms with E-state index in [9.17, 15) is 17.9 Å². The average molecular weight is 381 g/mol. The van der Waals surface area contributed by atoms with Gasteiger partial charge in [-0.25, -0.2) is 4.39 Å². The molecule has 0 bridgehead atoms. The van der Waals surface area contributed by atoms with Crippen molar-refractivity contribution in [2.45, 2.75) is 19.8 Å². The molecule has 1 aliphatic heterocycles. The minimum Gasteiger partial charge on any atom is -0.396 e. The van der Waals surface area contributed by atoms with Gasteiger partial charge in [-0.3, -0.25) is 4.72 Å². The van der Waals surface area contributed by atoms with E-state index in [4.69, 9.17) is 0 Å². The summed E-state index contributed by atoms with van der Waals surface area (Å²) in [5.74, 6) is -0.566. The van der Waals surface area contributed by atoms with E-state index >= 15 is 0 Å². The molecule has 0 spiro atoms. The van der Waals surface area contributed by atoms with Gasteiger partial charge in [0, 0.05) is 19.7 Å². The highest BCUT2D eigenvalue weighted by molar-refractivity contribution is 9.10. The van der Waals surface area contributed by atoms with Crippen molar-refractivity contribution in [2.75, 3.05) is 24.4 Å². The molecule has 21 heavy (non-hydrogen) atoms. The first-order valence-corrected chi connectivity index (χ1v) is 8.91. The van der Waals surface area contributed by atoms with Crippen LogP contribution in [0.15, 0.2) is 16.6 Å². The maximum Gasteiger partial charge on any atom is 0.301 e. The van der Waals surface area contributed by atoms with Crippen molar-refractivity contribution in [3.8, 4) is 0 Å². The number of benzene rings is 1. The summed E-state index contributed by atoms with van der Waals surface area (Å²) in [5.41, 5.74) is 0.851. The normalized spacial score (nSPS) is 20.5. The Hall–Kier alpha value is -0.700.